The molecule has 3 heteroatoms. The molecule has 2 aromatic rings. The summed E-state index contributed by atoms with van der Waals surface area (Å²) in [6.07, 6.45) is 1.90. The maximum absolute atomic E-state index is 13.1. The lowest BCUT2D eigenvalue weighted by molar-refractivity contribution is 0.583. The van der Waals surface area contributed by atoms with Crippen LogP contribution >= 0.6 is 11.6 Å². The van der Waals surface area contributed by atoms with Gasteiger partial charge >= 0.3 is 0 Å². The first-order chi connectivity index (χ1) is 9.70. The fourth-order valence-electron chi connectivity index (χ4n) is 2.39. The molecule has 0 aromatic heterocycles. The van der Waals surface area contributed by atoms with Gasteiger partial charge in [0.25, 0.3) is 0 Å². The molecule has 20 heavy (non-hydrogen) atoms. The van der Waals surface area contributed by atoms with Crippen molar-refractivity contribution in [2.75, 3.05) is 13.6 Å². The van der Waals surface area contributed by atoms with Crippen LogP contribution in [0.4, 0.5) is 4.39 Å². The van der Waals surface area contributed by atoms with Gasteiger partial charge in [-0.3, -0.25) is 0 Å². The molecule has 1 nitrogen and oxygen atoms in total. The number of likely N-dealkylation sites (N-methyl/N-ethyl adjacent to an activating group) is 1. The summed E-state index contributed by atoms with van der Waals surface area (Å²) in [6.45, 7) is 0.930. The number of rotatable bonds is 6. The summed E-state index contributed by atoms with van der Waals surface area (Å²) >= 11 is 5.82. The van der Waals surface area contributed by atoms with Crippen LogP contribution in [0.2, 0.25) is 5.02 Å². The Balaban J connectivity index is 2.03. The van der Waals surface area contributed by atoms with Crippen molar-refractivity contribution in [2.45, 2.75) is 18.8 Å². The summed E-state index contributed by atoms with van der Waals surface area (Å²) in [4.78, 5) is 0. The number of hydrogen-bond donors (Lipinski definition) is 1. The Hall–Kier alpha value is -1.38. The van der Waals surface area contributed by atoms with Crippen molar-refractivity contribution in [3.8, 4) is 0 Å². The highest BCUT2D eigenvalue weighted by molar-refractivity contribution is 6.30. The van der Waals surface area contributed by atoms with E-state index in [9.17, 15) is 4.39 Å². The fourth-order valence-corrected chi connectivity index (χ4v) is 2.60. The molecule has 0 saturated carbocycles. The average Bonchev–Trinajstić information content (AvgIpc) is 2.48. The smallest absolute Gasteiger partial charge is 0.141 e. The lowest BCUT2D eigenvalue weighted by Crippen LogP contribution is -2.17. The summed E-state index contributed by atoms with van der Waals surface area (Å²) in [5.74, 6) is 0.0929. The first-order valence-corrected chi connectivity index (χ1v) is 7.22. The van der Waals surface area contributed by atoms with Gasteiger partial charge < -0.3 is 5.32 Å². The zero-order chi connectivity index (χ0) is 14.4. The van der Waals surface area contributed by atoms with Crippen molar-refractivity contribution >= 4 is 11.6 Å². The molecule has 0 aliphatic carbocycles. The lowest BCUT2D eigenvalue weighted by atomic mass is 9.92. The average molecular weight is 292 g/mol. The Morgan fingerprint density at radius 3 is 2.55 bits per heavy atom. The first kappa shape index (κ1) is 15.0. The predicted molar refractivity (Wildman–Crippen MR) is 82.8 cm³/mol. The van der Waals surface area contributed by atoms with Gasteiger partial charge in [-0.25, -0.2) is 4.39 Å². The summed E-state index contributed by atoms with van der Waals surface area (Å²) in [5.41, 5.74) is 2.41. The zero-order valence-electron chi connectivity index (χ0n) is 11.6. The SMILES string of the molecule is CNCC(CCc1ccc(F)c(Cl)c1)c1ccccc1. The normalized spacial score (nSPS) is 12.3. The number of aryl methyl sites for hydroxylation is 1. The fraction of sp³-hybridized carbons (Fsp3) is 0.294. The van der Waals surface area contributed by atoms with Crippen LogP contribution in [-0.4, -0.2) is 13.6 Å². The summed E-state index contributed by atoms with van der Waals surface area (Å²) in [6, 6.07) is 15.4. The molecule has 0 fully saturated rings. The number of nitrogens with one attached hydrogen (secondary N) is 1. The third-order valence-electron chi connectivity index (χ3n) is 3.49. The number of hydrogen-bond acceptors (Lipinski definition) is 1. The van der Waals surface area contributed by atoms with Crippen molar-refractivity contribution in [1.29, 1.82) is 0 Å². The van der Waals surface area contributed by atoms with E-state index in [0.29, 0.717) is 5.92 Å². The van der Waals surface area contributed by atoms with Gasteiger partial charge in [0, 0.05) is 6.54 Å². The van der Waals surface area contributed by atoms with Crippen molar-refractivity contribution in [1.82, 2.24) is 5.32 Å². The van der Waals surface area contributed by atoms with Crippen LogP contribution in [0.25, 0.3) is 0 Å². The molecule has 2 aromatic carbocycles. The predicted octanol–water partition coefficient (Wildman–Crippen LogP) is 4.41. The van der Waals surface area contributed by atoms with Crippen LogP contribution in [0, 0.1) is 5.82 Å². The van der Waals surface area contributed by atoms with E-state index in [1.165, 1.54) is 11.6 Å². The van der Waals surface area contributed by atoms with Crippen LogP contribution in [0.3, 0.4) is 0 Å². The number of benzene rings is 2. The standard InChI is InChI=1S/C17H19ClFN/c1-20-12-15(14-5-3-2-4-6-14)9-7-13-8-10-17(19)16(18)11-13/h2-6,8,10-11,15,20H,7,9,12H2,1H3. The van der Waals surface area contributed by atoms with Crippen LogP contribution in [0.1, 0.15) is 23.5 Å². The van der Waals surface area contributed by atoms with Gasteiger partial charge in [-0.15, -0.1) is 0 Å². The highest BCUT2D eigenvalue weighted by atomic mass is 35.5. The Morgan fingerprint density at radius 1 is 1.15 bits per heavy atom. The van der Waals surface area contributed by atoms with Gasteiger partial charge in [0.2, 0.25) is 0 Å². The van der Waals surface area contributed by atoms with E-state index in [2.05, 4.69) is 29.6 Å². The van der Waals surface area contributed by atoms with Crippen molar-refractivity contribution in [2.24, 2.45) is 0 Å². The monoisotopic (exact) mass is 291 g/mol. The molecule has 1 unspecified atom stereocenters. The third kappa shape index (κ3) is 4.06. The van der Waals surface area contributed by atoms with Crippen molar-refractivity contribution in [3.63, 3.8) is 0 Å². The second kappa shape index (κ2) is 7.41. The molecular weight excluding hydrogens is 273 g/mol. The lowest BCUT2D eigenvalue weighted by Gasteiger charge is -2.17. The van der Waals surface area contributed by atoms with E-state index >= 15 is 0 Å². The molecule has 1 atom stereocenters. The Bertz CT molecular complexity index is 542. The highest BCUT2D eigenvalue weighted by Crippen LogP contribution is 2.23. The molecule has 0 bridgehead atoms. The minimum atomic E-state index is -0.356. The molecular formula is C17H19ClFN. The Labute approximate surface area is 124 Å². The van der Waals surface area contributed by atoms with Gasteiger partial charge in [0.15, 0.2) is 0 Å². The second-order valence-electron chi connectivity index (χ2n) is 4.95. The quantitative estimate of drug-likeness (QED) is 0.831. The molecule has 0 saturated heterocycles. The molecule has 0 aliphatic heterocycles. The second-order valence-corrected chi connectivity index (χ2v) is 5.36. The van der Waals surface area contributed by atoms with E-state index in [1.807, 2.05) is 19.2 Å². The first-order valence-electron chi connectivity index (χ1n) is 6.84. The number of halogens is 2. The van der Waals surface area contributed by atoms with Crippen LogP contribution in [0.15, 0.2) is 48.5 Å². The van der Waals surface area contributed by atoms with E-state index in [-0.39, 0.29) is 10.8 Å². The van der Waals surface area contributed by atoms with E-state index in [0.717, 1.165) is 24.9 Å². The van der Waals surface area contributed by atoms with Crippen molar-refractivity contribution in [3.05, 3.63) is 70.5 Å². The third-order valence-corrected chi connectivity index (χ3v) is 3.78. The molecule has 0 heterocycles. The van der Waals surface area contributed by atoms with Crippen LogP contribution in [0.5, 0.6) is 0 Å². The summed E-state index contributed by atoms with van der Waals surface area (Å²) < 4.78 is 13.1. The topological polar surface area (TPSA) is 12.0 Å². The molecule has 0 amide bonds. The molecule has 0 spiro atoms. The summed E-state index contributed by atoms with van der Waals surface area (Å²) in [7, 11) is 1.96. The molecule has 1 N–H and O–H groups in total. The van der Waals surface area contributed by atoms with E-state index in [4.69, 9.17) is 11.6 Å². The van der Waals surface area contributed by atoms with E-state index in [1.54, 1.807) is 6.07 Å². The minimum Gasteiger partial charge on any atom is -0.319 e. The highest BCUT2D eigenvalue weighted by Gasteiger charge is 2.11. The van der Waals surface area contributed by atoms with Crippen molar-refractivity contribution < 1.29 is 4.39 Å². The maximum Gasteiger partial charge on any atom is 0.141 e. The largest absolute Gasteiger partial charge is 0.319 e. The molecule has 106 valence electrons. The van der Waals surface area contributed by atoms with Gasteiger partial charge in [-0.2, -0.15) is 0 Å². The Kier molecular flexibility index (Phi) is 5.57. The van der Waals surface area contributed by atoms with E-state index < -0.39 is 0 Å². The maximum atomic E-state index is 13.1. The van der Waals surface area contributed by atoms with Crippen LogP contribution in [-0.2, 0) is 6.42 Å². The Morgan fingerprint density at radius 2 is 1.90 bits per heavy atom. The van der Waals surface area contributed by atoms with Gasteiger partial charge in [0.1, 0.15) is 5.82 Å². The molecule has 0 aliphatic rings. The van der Waals surface area contributed by atoms with Gasteiger partial charge in [-0.1, -0.05) is 48.0 Å². The van der Waals surface area contributed by atoms with Crippen LogP contribution < -0.4 is 5.32 Å². The molecule has 2 rings (SSSR count). The van der Waals surface area contributed by atoms with Gasteiger partial charge in [0.05, 0.1) is 5.02 Å². The minimum absolute atomic E-state index is 0.201. The molecule has 0 radical (unpaired) electrons. The van der Waals surface area contributed by atoms with Gasteiger partial charge in [-0.05, 0) is 49.1 Å². The zero-order valence-corrected chi connectivity index (χ0v) is 12.3. The summed E-state index contributed by atoms with van der Waals surface area (Å²) in [5, 5.41) is 3.44.